The standard InChI is InChI=1S/C14H18N2O5/c1-9(14(20)21)15-5-7-16(8-6-15)13(19)12-10(17)3-2-4-11(12)18/h2-4,9,17-18H,5-8H2,1H3,(H,20,21). The van der Waals surface area contributed by atoms with Gasteiger partial charge in [0.2, 0.25) is 0 Å². The van der Waals surface area contributed by atoms with Crippen molar-refractivity contribution in [2.45, 2.75) is 13.0 Å². The van der Waals surface area contributed by atoms with Crippen LogP contribution in [0, 0.1) is 0 Å². The van der Waals surface area contributed by atoms with Crippen molar-refractivity contribution < 1.29 is 24.9 Å². The maximum Gasteiger partial charge on any atom is 0.320 e. The van der Waals surface area contributed by atoms with Crippen molar-refractivity contribution in [3.8, 4) is 11.5 Å². The van der Waals surface area contributed by atoms with E-state index >= 15 is 0 Å². The third-order valence-corrected chi connectivity index (χ3v) is 3.74. The number of carbonyl (C=O) groups excluding carboxylic acids is 1. The average Bonchev–Trinajstić information content (AvgIpc) is 2.46. The number of aliphatic carboxylic acids is 1. The van der Waals surface area contributed by atoms with Crippen molar-refractivity contribution in [2.24, 2.45) is 0 Å². The summed E-state index contributed by atoms with van der Waals surface area (Å²) in [5, 5.41) is 28.4. The Morgan fingerprint density at radius 3 is 2.10 bits per heavy atom. The maximum absolute atomic E-state index is 12.3. The van der Waals surface area contributed by atoms with Gasteiger partial charge in [-0.2, -0.15) is 0 Å². The Hall–Kier alpha value is -2.28. The van der Waals surface area contributed by atoms with Crippen molar-refractivity contribution in [1.82, 2.24) is 9.80 Å². The van der Waals surface area contributed by atoms with Crippen LogP contribution in [0.2, 0.25) is 0 Å². The normalized spacial score (nSPS) is 17.5. The molecule has 0 spiro atoms. The molecule has 1 aromatic rings. The summed E-state index contributed by atoms with van der Waals surface area (Å²) in [5.41, 5.74) is -0.114. The third kappa shape index (κ3) is 3.08. The fourth-order valence-electron chi connectivity index (χ4n) is 2.37. The van der Waals surface area contributed by atoms with Crippen LogP contribution in [-0.4, -0.2) is 69.2 Å². The first kappa shape index (κ1) is 15.1. The molecule has 114 valence electrons. The molecule has 0 radical (unpaired) electrons. The zero-order valence-electron chi connectivity index (χ0n) is 11.7. The van der Waals surface area contributed by atoms with E-state index in [-0.39, 0.29) is 17.1 Å². The number of phenols is 2. The average molecular weight is 294 g/mol. The van der Waals surface area contributed by atoms with E-state index in [9.17, 15) is 19.8 Å². The lowest BCUT2D eigenvalue weighted by Crippen LogP contribution is -2.53. The molecule has 1 fully saturated rings. The number of hydrogen-bond acceptors (Lipinski definition) is 5. The van der Waals surface area contributed by atoms with Crippen molar-refractivity contribution in [3.05, 3.63) is 23.8 Å². The Morgan fingerprint density at radius 1 is 1.10 bits per heavy atom. The molecule has 21 heavy (non-hydrogen) atoms. The van der Waals surface area contributed by atoms with E-state index < -0.39 is 17.9 Å². The van der Waals surface area contributed by atoms with Crippen molar-refractivity contribution in [1.29, 1.82) is 0 Å². The maximum atomic E-state index is 12.3. The fraction of sp³-hybridized carbons (Fsp3) is 0.429. The van der Waals surface area contributed by atoms with E-state index in [1.54, 1.807) is 11.8 Å². The van der Waals surface area contributed by atoms with Crippen LogP contribution in [0.15, 0.2) is 18.2 Å². The van der Waals surface area contributed by atoms with Gasteiger partial charge in [-0.3, -0.25) is 14.5 Å². The largest absolute Gasteiger partial charge is 0.507 e. The van der Waals surface area contributed by atoms with Crippen LogP contribution in [0.4, 0.5) is 0 Å². The van der Waals surface area contributed by atoms with Crippen LogP contribution in [0.25, 0.3) is 0 Å². The Balaban J connectivity index is 2.06. The molecule has 1 amide bonds. The van der Waals surface area contributed by atoms with Crippen LogP contribution in [0.3, 0.4) is 0 Å². The molecule has 1 unspecified atom stereocenters. The van der Waals surface area contributed by atoms with Gasteiger partial charge in [0.1, 0.15) is 23.1 Å². The van der Waals surface area contributed by atoms with Crippen molar-refractivity contribution in [3.63, 3.8) is 0 Å². The summed E-state index contributed by atoms with van der Waals surface area (Å²) in [6, 6.07) is 3.54. The number of rotatable bonds is 3. The van der Waals surface area contributed by atoms with Crippen molar-refractivity contribution in [2.75, 3.05) is 26.2 Å². The Bertz CT molecular complexity index is 532. The molecule has 1 saturated heterocycles. The van der Waals surface area contributed by atoms with Gasteiger partial charge in [0.05, 0.1) is 0 Å². The summed E-state index contributed by atoms with van der Waals surface area (Å²) in [4.78, 5) is 26.5. The van der Waals surface area contributed by atoms with Gasteiger partial charge in [0.15, 0.2) is 0 Å². The van der Waals surface area contributed by atoms with Crippen LogP contribution < -0.4 is 0 Å². The zero-order chi connectivity index (χ0) is 15.6. The van der Waals surface area contributed by atoms with E-state index in [0.29, 0.717) is 26.2 Å². The predicted octanol–water partition coefficient (Wildman–Crippen LogP) is 0.329. The first-order chi connectivity index (χ1) is 9.91. The number of aromatic hydroxyl groups is 2. The summed E-state index contributed by atoms with van der Waals surface area (Å²) in [7, 11) is 0. The number of carbonyl (C=O) groups is 2. The molecule has 0 saturated carbocycles. The van der Waals surface area contributed by atoms with E-state index in [4.69, 9.17) is 5.11 Å². The molecule has 1 aliphatic heterocycles. The molecule has 1 aromatic carbocycles. The molecule has 7 nitrogen and oxygen atoms in total. The quantitative estimate of drug-likeness (QED) is 0.742. The molecule has 0 bridgehead atoms. The van der Waals surface area contributed by atoms with Crippen LogP contribution in [0.1, 0.15) is 17.3 Å². The lowest BCUT2D eigenvalue weighted by Gasteiger charge is -2.36. The van der Waals surface area contributed by atoms with E-state index in [2.05, 4.69) is 0 Å². The summed E-state index contributed by atoms with van der Waals surface area (Å²) >= 11 is 0. The summed E-state index contributed by atoms with van der Waals surface area (Å²) < 4.78 is 0. The molecule has 2 rings (SSSR count). The second-order valence-electron chi connectivity index (χ2n) is 5.01. The van der Waals surface area contributed by atoms with Gasteiger partial charge in [-0.25, -0.2) is 0 Å². The van der Waals surface area contributed by atoms with Gasteiger partial charge in [-0.1, -0.05) is 6.07 Å². The van der Waals surface area contributed by atoms with Gasteiger partial charge in [0, 0.05) is 26.2 Å². The highest BCUT2D eigenvalue weighted by molar-refractivity contribution is 5.99. The van der Waals surface area contributed by atoms with Gasteiger partial charge in [0.25, 0.3) is 5.91 Å². The number of amides is 1. The van der Waals surface area contributed by atoms with E-state index in [1.165, 1.54) is 23.1 Å². The summed E-state index contributed by atoms with van der Waals surface area (Å²) in [5.74, 6) is -1.87. The number of piperazine rings is 1. The number of carboxylic acid groups (broad SMARTS) is 1. The number of benzene rings is 1. The molecule has 1 aliphatic rings. The smallest absolute Gasteiger partial charge is 0.320 e. The van der Waals surface area contributed by atoms with Crippen molar-refractivity contribution >= 4 is 11.9 Å². The second kappa shape index (κ2) is 6.01. The summed E-state index contributed by atoms with van der Waals surface area (Å²) in [6.07, 6.45) is 0. The molecule has 3 N–H and O–H groups in total. The molecular formula is C14H18N2O5. The molecule has 1 heterocycles. The molecule has 1 atom stereocenters. The zero-order valence-corrected chi connectivity index (χ0v) is 11.7. The first-order valence-electron chi connectivity index (χ1n) is 6.69. The third-order valence-electron chi connectivity index (χ3n) is 3.74. The fourth-order valence-corrected chi connectivity index (χ4v) is 2.37. The van der Waals surface area contributed by atoms with E-state index in [0.717, 1.165) is 0 Å². The van der Waals surface area contributed by atoms with Gasteiger partial charge >= 0.3 is 5.97 Å². The minimum atomic E-state index is -0.895. The number of phenolic OH excluding ortho intramolecular Hbond substituents is 2. The highest BCUT2D eigenvalue weighted by Gasteiger charge is 2.29. The minimum absolute atomic E-state index is 0.114. The van der Waals surface area contributed by atoms with Gasteiger partial charge in [-0.05, 0) is 19.1 Å². The van der Waals surface area contributed by atoms with Crippen LogP contribution in [-0.2, 0) is 4.79 Å². The molecule has 0 aromatic heterocycles. The Labute approximate surface area is 122 Å². The SMILES string of the molecule is CC(C(=O)O)N1CCN(C(=O)c2c(O)cccc2O)CC1. The topological polar surface area (TPSA) is 101 Å². The van der Waals surface area contributed by atoms with Crippen LogP contribution in [0.5, 0.6) is 11.5 Å². The number of hydrogen-bond donors (Lipinski definition) is 3. The molecule has 0 aliphatic carbocycles. The molecule has 7 heteroatoms. The van der Waals surface area contributed by atoms with E-state index in [1.807, 2.05) is 0 Å². The summed E-state index contributed by atoms with van der Waals surface area (Å²) in [6.45, 7) is 3.18. The molecular weight excluding hydrogens is 276 g/mol. The predicted molar refractivity (Wildman–Crippen MR) is 74.3 cm³/mol. The van der Waals surface area contributed by atoms with Gasteiger partial charge in [-0.15, -0.1) is 0 Å². The highest BCUT2D eigenvalue weighted by atomic mass is 16.4. The van der Waals surface area contributed by atoms with Crippen LogP contribution >= 0.6 is 0 Å². The first-order valence-corrected chi connectivity index (χ1v) is 6.69. The lowest BCUT2D eigenvalue weighted by molar-refractivity contribution is -0.143. The number of carboxylic acids is 1. The monoisotopic (exact) mass is 294 g/mol. The van der Waals surface area contributed by atoms with Gasteiger partial charge < -0.3 is 20.2 Å². The Morgan fingerprint density at radius 2 is 1.62 bits per heavy atom. The Kier molecular flexibility index (Phi) is 4.32. The number of nitrogens with zero attached hydrogens (tertiary/aromatic N) is 2. The second-order valence-corrected chi connectivity index (χ2v) is 5.01. The minimum Gasteiger partial charge on any atom is -0.507 e. The lowest BCUT2D eigenvalue weighted by atomic mass is 10.1. The highest BCUT2D eigenvalue weighted by Crippen LogP contribution is 2.28.